The maximum atomic E-state index is 6.23. The Bertz CT molecular complexity index is 1010. The van der Waals surface area contributed by atoms with E-state index in [0.717, 1.165) is 35.1 Å². The van der Waals surface area contributed by atoms with Gasteiger partial charge in [-0.1, -0.05) is 11.6 Å². The first kappa shape index (κ1) is 15.2. The van der Waals surface area contributed by atoms with Gasteiger partial charge in [-0.2, -0.15) is 0 Å². The van der Waals surface area contributed by atoms with Crippen molar-refractivity contribution in [2.45, 2.75) is 19.0 Å². The van der Waals surface area contributed by atoms with Crippen LogP contribution in [0.1, 0.15) is 27.9 Å². The fraction of sp³-hybridized carbons (Fsp3) is 0.211. The van der Waals surface area contributed by atoms with E-state index in [4.69, 9.17) is 16.0 Å². The molecule has 5 rings (SSSR count). The third-order valence-electron chi connectivity index (χ3n) is 4.84. The smallest absolute Gasteiger partial charge is 0.116 e. The number of furan rings is 1. The fourth-order valence-corrected chi connectivity index (χ4v) is 4.70. The summed E-state index contributed by atoms with van der Waals surface area (Å²) in [6.07, 6.45) is 6.42. The summed E-state index contributed by atoms with van der Waals surface area (Å²) in [5, 5.41) is 5.16. The predicted octanol–water partition coefficient (Wildman–Crippen LogP) is 5.02. The largest absolute Gasteiger partial charge is 0.472 e. The Balaban J connectivity index is 1.64. The summed E-state index contributed by atoms with van der Waals surface area (Å²) in [5.41, 5.74) is 4.92. The maximum absolute atomic E-state index is 6.23. The molecule has 126 valence electrons. The molecule has 1 aromatic carbocycles. The number of thiazole rings is 1. The summed E-state index contributed by atoms with van der Waals surface area (Å²) in [4.78, 5) is 10.7. The molecule has 4 aromatic rings. The van der Waals surface area contributed by atoms with Crippen LogP contribution in [0.4, 0.5) is 0 Å². The third kappa shape index (κ3) is 2.59. The minimum absolute atomic E-state index is 0.129. The van der Waals surface area contributed by atoms with Gasteiger partial charge in [-0.3, -0.25) is 4.90 Å². The molecule has 0 aliphatic carbocycles. The van der Waals surface area contributed by atoms with E-state index in [1.807, 2.05) is 30.0 Å². The quantitative estimate of drug-likeness (QED) is 0.551. The molecular weight excluding hydrogens is 354 g/mol. The fourth-order valence-electron chi connectivity index (χ4n) is 3.75. The number of hydrogen-bond acceptors (Lipinski definition) is 4. The van der Waals surface area contributed by atoms with E-state index in [1.165, 1.54) is 22.2 Å². The zero-order valence-electron chi connectivity index (χ0n) is 13.4. The van der Waals surface area contributed by atoms with E-state index in [-0.39, 0.29) is 6.04 Å². The Morgan fingerprint density at radius 2 is 2.32 bits per heavy atom. The molecule has 25 heavy (non-hydrogen) atoms. The minimum Gasteiger partial charge on any atom is -0.472 e. The molecule has 4 heterocycles. The van der Waals surface area contributed by atoms with Crippen molar-refractivity contribution >= 4 is 33.8 Å². The molecule has 0 spiro atoms. The Morgan fingerprint density at radius 3 is 3.12 bits per heavy atom. The van der Waals surface area contributed by atoms with Gasteiger partial charge in [0.2, 0.25) is 0 Å². The van der Waals surface area contributed by atoms with Crippen LogP contribution in [0.2, 0.25) is 5.02 Å². The van der Waals surface area contributed by atoms with Crippen LogP contribution in [0.15, 0.2) is 52.8 Å². The molecule has 0 saturated heterocycles. The maximum Gasteiger partial charge on any atom is 0.116 e. The zero-order valence-corrected chi connectivity index (χ0v) is 15.0. The van der Waals surface area contributed by atoms with Crippen molar-refractivity contribution in [3.63, 3.8) is 0 Å². The number of nitrogens with zero attached hydrogens (tertiary/aromatic N) is 2. The number of halogens is 1. The lowest BCUT2D eigenvalue weighted by atomic mass is 9.97. The summed E-state index contributed by atoms with van der Waals surface area (Å²) in [6, 6.07) is 8.23. The summed E-state index contributed by atoms with van der Waals surface area (Å²) in [7, 11) is 0. The van der Waals surface area contributed by atoms with Crippen LogP contribution in [-0.2, 0) is 13.0 Å². The lowest BCUT2D eigenvalue weighted by molar-refractivity contribution is 0.201. The van der Waals surface area contributed by atoms with Gasteiger partial charge in [-0.25, -0.2) is 4.98 Å². The van der Waals surface area contributed by atoms with Gasteiger partial charge >= 0.3 is 0 Å². The molecule has 0 fully saturated rings. The van der Waals surface area contributed by atoms with Crippen LogP contribution in [0.3, 0.4) is 0 Å². The number of fused-ring (bicyclic) bond motifs is 3. The van der Waals surface area contributed by atoms with Gasteiger partial charge in [0, 0.05) is 51.8 Å². The van der Waals surface area contributed by atoms with Crippen LogP contribution in [0.25, 0.3) is 10.9 Å². The molecule has 0 bridgehead atoms. The molecule has 1 N–H and O–H groups in total. The van der Waals surface area contributed by atoms with Gasteiger partial charge in [0.15, 0.2) is 0 Å². The standard InChI is InChI=1S/C19H16ClN3OS/c20-13-1-2-16-15(9-13)14-3-6-23(10-12-4-7-24-11-12)18(17(14)22-16)19-21-5-8-25-19/h1-2,4-5,7-9,11,18,22H,3,6,10H2. The normalized spacial score (nSPS) is 17.9. The average molecular weight is 370 g/mol. The van der Waals surface area contributed by atoms with Crippen molar-refractivity contribution in [2.75, 3.05) is 6.54 Å². The molecule has 1 aliphatic rings. The summed E-state index contributed by atoms with van der Waals surface area (Å²) >= 11 is 7.93. The second-order valence-electron chi connectivity index (χ2n) is 6.33. The Morgan fingerprint density at radius 1 is 1.36 bits per heavy atom. The van der Waals surface area contributed by atoms with Crippen LogP contribution in [0.5, 0.6) is 0 Å². The average Bonchev–Trinajstić information content (AvgIpc) is 3.35. The third-order valence-corrected chi connectivity index (χ3v) is 5.90. The van der Waals surface area contributed by atoms with Crippen LogP contribution in [0, 0.1) is 0 Å². The van der Waals surface area contributed by atoms with Crippen LogP contribution < -0.4 is 0 Å². The summed E-state index contributed by atoms with van der Waals surface area (Å²) in [5.74, 6) is 0. The Labute approximate surface area is 154 Å². The number of H-pyrrole nitrogens is 1. The van der Waals surface area contributed by atoms with Gasteiger partial charge in [0.25, 0.3) is 0 Å². The lowest BCUT2D eigenvalue weighted by Gasteiger charge is -2.34. The number of benzene rings is 1. The molecule has 0 radical (unpaired) electrons. The summed E-state index contributed by atoms with van der Waals surface area (Å²) in [6.45, 7) is 1.82. The van der Waals surface area contributed by atoms with Crippen molar-refractivity contribution in [1.29, 1.82) is 0 Å². The van der Waals surface area contributed by atoms with E-state index in [9.17, 15) is 0 Å². The van der Waals surface area contributed by atoms with E-state index >= 15 is 0 Å². The van der Waals surface area contributed by atoms with E-state index < -0.39 is 0 Å². The molecule has 4 nitrogen and oxygen atoms in total. The highest BCUT2D eigenvalue weighted by Gasteiger charge is 2.33. The van der Waals surface area contributed by atoms with Gasteiger partial charge in [-0.15, -0.1) is 11.3 Å². The first-order valence-corrected chi connectivity index (χ1v) is 9.50. The second-order valence-corrected chi connectivity index (χ2v) is 7.69. The molecule has 1 unspecified atom stereocenters. The molecule has 3 aromatic heterocycles. The van der Waals surface area contributed by atoms with Crippen molar-refractivity contribution in [3.05, 3.63) is 75.2 Å². The highest BCUT2D eigenvalue weighted by Crippen LogP contribution is 2.40. The number of rotatable bonds is 3. The van der Waals surface area contributed by atoms with Crippen molar-refractivity contribution in [1.82, 2.24) is 14.9 Å². The number of aromatic nitrogens is 2. The van der Waals surface area contributed by atoms with Gasteiger partial charge in [0.05, 0.1) is 12.5 Å². The van der Waals surface area contributed by atoms with E-state index in [1.54, 1.807) is 17.6 Å². The molecule has 0 amide bonds. The van der Waals surface area contributed by atoms with E-state index in [2.05, 4.69) is 27.0 Å². The minimum atomic E-state index is 0.129. The topological polar surface area (TPSA) is 45.1 Å². The van der Waals surface area contributed by atoms with Gasteiger partial charge in [-0.05, 0) is 36.2 Å². The van der Waals surface area contributed by atoms with Gasteiger partial charge < -0.3 is 9.40 Å². The second kappa shape index (κ2) is 6.02. The van der Waals surface area contributed by atoms with Crippen LogP contribution in [-0.4, -0.2) is 21.4 Å². The molecular formula is C19H16ClN3OS. The monoisotopic (exact) mass is 369 g/mol. The highest BCUT2D eigenvalue weighted by atomic mass is 35.5. The number of aromatic amines is 1. The van der Waals surface area contributed by atoms with Crippen molar-refractivity contribution in [2.24, 2.45) is 0 Å². The Hall–Kier alpha value is -2.08. The molecule has 1 aliphatic heterocycles. The lowest BCUT2D eigenvalue weighted by Crippen LogP contribution is -2.35. The SMILES string of the molecule is Clc1ccc2[nH]c3c(c2c1)CCN(Cc1ccoc1)C3c1nccs1. The molecule has 6 heteroatoms. The van der Waals surface area contributed by atoms with E-state index in [0.29, 0.717) is 0 Å². The molecule has 0 saturated carbocycles. The highest BCUT2D eigenvalue weighted by molar-refractivity contribution is 7.09. The van der Waals surface area contributed by atoms with Crippen molar-refractivity contribution < 1.29 is 4.42 Å². The first-order chi connectivity index (χ1) is 12.3. The van der Waals surface area contributed by atoms with Crippen LogP contribution >= 0.6 is 22.9 Å². The van der Waals surface area contributed by atoms with Gasteiger partial charge in [0.1, 0.15) is 11.0 Å². The summed E-state index contributed by atoms with van der Waals surface area (Å²) < 4.78 is 5.25. The first-order valence-electron chi connectivity index (χ1n) is 8.24. The predicted molar refractivity (Wildman–Crippen MR) is 100 cm³/mol. The zero-order chi connectivity index (χ0) is 16.8. The number of hydrogen-bond donors (Lipinski definition) is 1. The number of nitrogens with one attached hydrogen (secondary N) is 1. The Kier molecular flexibility index (Phi) is 3.66. The van der Waals surface area contributed by atoms with Crippen molar-refractivity contribution in [3.8, 4) is 0 Å². The molecule has 1 atom stereocenters.